The van der Waals surface area contributed by atoms with Gasteiger partial charge >= 0.3 is 0 Å². The highest BCUT2D eigenvalue weighted by atomic mass is 16.5. The molecule has 0 bridgehead atoms. The summed E-state index contributed by atoms with van der Waals surface area (Å²) in [6.07, 6.45) is 0.0657. The summed E-state index contributed by atoms with van der Waals surface area (Å²) in [6, 6.07) is 5.92. The molecule has 114 valence electrons. The Morgan fingerprint density at radius 3 is 2.25 bits per heavy atom. The third-order valence-electron chi connectivity index (χ3n) is 3.45. The van der Waals surface area contributed by atoms with Gasteiger partial charge in [-0.1, -0.05) is 20.8 Å². The first-order valence-electron chi connectivity index (χ1n) is 7.07. The third kappa shape index (κ3) is 3.87. The fourth-order valence-electron chi connectivity index (χ4n) is 2.50. The van der Waals surface area contributed by atoms with Crippen molar-refractivity contribution in [1.82, 2.24) is 5.32 Å². The van der Waals surface area contributed by atoms with Crippen molar-refractivity contribution in [1.29, 1.82) is 0 Å². The van der Waals surface area contributed by atoms with Gasteiger partial charge in [-0.15, -0.1) is 0 Å². The Balaban J connectivity index is 3.24. The highest BCUT2D eigenvalue weighted by Gasteiger charge is 2.28. The van der Waals surface area contributed by atoms with Gasteiger partial charge in [0.25, 0.3) is 0 Å². The van der Waals surface area contributed by atoms with E-state index in [4.69, 9.17) is 14.2 Å². The van der Waals surface area contributed by atoms with E-state index in [1.54, 1.807) is 21.3 Å². The minimum absolute atomic E-state index is 0.0649. The molecule has 1 N–H and O–H groups in total. The first-order valence-corrected chi connectivity index (χ1v) is 7.07. The number of hydrogen-bond donors (Lipinski definition) is 1. The maximum Gasteiger partial charge on any atom is 0.124 e. The molecular weight excluding hydrogens is 254 g/mol. The Morgan fingerprint density at radius 2 is 1.80 bits per heavy atom. The van der Waals surface area contributed by atoms with Crippen molar-refractivity contribution in [3.63, 3.8) is 0 Å². The van der Waals surface area contributed by atoms with E-state index in [2.05, 4.69) is 26.1 Å². The fourth-order valence-corrected chi connectivity index (χ4v) is 2.50. The number of nitrogens with one attached hydrogen (secondary N) is 1. The molecule has 1 rings (SSSR count). The summed E-state index contributed by atoms with van der Waals surface area (Å²) in [5, 5.41) is 3.50. The molecule has 0 aliphatic heterocycles. The van der Waals surface area contributed by atoms with Gasteiger partial charge in [0.1, 0.15) is 11.5 Å². The van der Waals surface area contributed by atoms with Crippen LogP contribution in [0.5, 0.6) is 11.5 Å². The largest absolute Gasteiger partial charge is 0.497 e. The van der Waals surface area contributed by atoms with Crippen molar-refractivity contribution >= 4 is 0 Å². The summed E-state index contributed by atoms with van der Waals surface area (Å²) >= 11 is 0. The van der Waals surface area contributed by atoms with Crippen LogP contribution < -0.4 is 14.8 Å². The van der Waals surface area contributed by atoms with Crippen LogP contribution in [0.1, 0.15) is 32.4 Å². The topological polar surface area (TPSA) is 39.7 Å². The second-order valence-corrected chi connectivity index (χ2v) is 5.09. The van der Waals surface area contributed by atoms with E-state index < -0.39 is 0 Å². The number of hydrogen-bond acceptors (Lipinski definition) is 4. The fraction of sp³-hybridized carbons (Fsp3) is 0.625. The van der Waals surface area contributed by atoms with Crippen molar-refractivity contribution in [3.05, 3.63) is 23.8 Å². The Kier molecular flexibility index (Phi) is 6.82. The van der Waals surface area contributed by atoms with Crippen molar-refractivity contribution in [2.24, 2.45) is 5.92 Å². The van der Waals surface area contributed by atoms with Gasteiger partial charge in [0.2, 0.25) is 0 Å². The molecule has 0 aliphatic rings. The van der Waals surface area contributed by atoms with E-state index in [1.807, 2.05) is 18.2 Å². The van der Waals surface area contributed by atoms with Crippen molar-refractivity contribution in [2.75, 3.05) is 27.9 Å². The highest BCUT2D eigenvalue weighted by molar-refractivity contribution is 5.42. The Labute approximate surface area is 122 Å². The van der Waals surface area contributed by atoms with E-state index in [0.717, 1.165) is 23.6 Å². The smallest absolute Gasteiger partial charge is 0.124 e. The number of benzene rings is 1. The molecule has 0 fully saturated rings. The molecular formula is C16H27NO3. The van der Waals surface area contributed by atoms with E-state index >= 15 is 0 Å². The van der Waals surface area contributed by atoms with E-state index in [-0.39, 0.29) is 12.1 Å². The minimum Gasteiger partial charge on any atom is -0.497 e. The van der Waals surface area contributed by atoms with Crippen LogP contribution in [0.25, 0.3) is 0 Å². The average molecular weight is 281 g/mol. The van der Waals surface area contributed by atoms with Gasteiger partial charge in [-0.3, -0.25) is 0 Å². The lowest BCUT2D eigenvalue weighted by Crippen LogP contribution is -2.36. The van der Waals surface area contributed by atoms with Crippen LogP contribution in [0.3, 0.4) is 0 Å². The van der Waals surface area contributed by atoms with Gasteiger partial charge < -0.3 is 19.5 Å². The molecule has 20 heavy (non-hydrogen) atoms. The van der Waals surface area contributed by atoms with Gasteiger partial charge in [-0.2, -0.15) is 0 Å². The number of methoxy groups -OCH3 is 3. The first-order chi connectivity index (χ1) is 9.58. The molecule has 2 unspecified atom stereocenters. The van der Waals surface area contributed by atoms with Gasteiger partial charge in [0, 0.05) is 12.7 Å². The molecule has 4 heteroatoms. The zero-order valence-electron chi connectivity index (χ0n) is 13.4. The first kappa shape index (κ1) is 16.8. The van der Waals surface area contributed by atoms with Crippen LogP contribution >= 0.6 is 0 Å². The lowest BCUT2D eigenvalue weighted by Gasteiger charge is -2.31. The van der Waals surface area contributed by atoms with Crippen LogP contribution in [-0.2, 0) is 4.74 Å². The maximum atomic E-state index is 5.69. The summed E-state index contributed by atoms with van der Waals surface area (Å²) in [7, 11) is 5.11. The summed E-state index contributed by atoms with van der Waals surface area (Å²) in [4.78, 5) is 0. The molecule has 1 aromatic carbocycles. The predicted molar refractivity (Wildman–Crippen MR) is 81.6 cm³/mol. The third-order valence-corrected chi connectivity index (χ3v) is 3.45. The Bertz CT molecular complexity index is 407. The molecule has 0 spiro atoms. The molecule has 0 aliphatic carbocycles. The summed E-state index contributed by atoms with van der Waals surface area (Å²) in [5.41, 5.74) is 1.06. The lowest BCUT2D eigenvalue weighted by atomic mass is 9.92. The van der Waals surface area contributed by atoms with E-state index in [0.29, 0.717) is 5.92 Å². The Morgan fingerprint density at radius 1 is 1.10 bits per heavy atom. The lowest BCUT2D eigenvalue weighted by molar-refractivity contribution is 0.0324. The van der Waals surface area contributed by atoms with Crippen molar-refractivity contribution < 1.29 is 14.2 Å². The molecule has 0 radical (unpaired) electrons. The SMILES string of the molecule is CCNC(c1cc(OC)ccc1OC)C(OC)C(C)C. The van der Waals surface area contributed by atoms with Gasteiger partial charge in [0.05, 0.1) is 26.4 Å². The van der Waals surface area contributed by atoms with Gasteiger partial charge in [0.15, 0.2) is 0 Å². The van der Waals surface area contributed by atoms with Crippen LogP contribution in [0, 0.1) is 5.92 Å². The highest BCUT2D eigenvalue weighted by Crippen LogP contribution is 2.34. The van der Waals surface area contributed by atoms with Crippen LogP contribution in [0.2, 0.25) is 0 Å². The minimum atomic E-state index is 0.0649. The molecule has 2 atom stereocenters. The molecule has 0 amide bonds. The Hall–Kier alpha value is -1.26. The standard InChI is InChI=1S/C16H27NO3/c1-7-17-15(16(20-6)11(2)3)13-10-12(18-4)8-9-14(13)19-5/h8-11,15-17H,7H2,1-6H3. The monoisotopic (exact) mass is 281 g/mol. The zero-order chi connectivity index (χ0) is 15.1. The van der Waals surface area contributed by atoms with E-state index in [1.165, 1.54) is 0 Å². The molecule has 1 aromatic rings. The van der Waals surface area contributed by atoms with Gasteiger partial charge in [-0.05, 0) is 30.7 Å². The zero-order valence-corrected chi connectivity index (χ0v) is 13.4. The second kappa shape index (κ2) is 8.12. The van der Waals surface area contributed by atoms with Crippen LogP contribution in [0.4, 0.5) is 0 Å². The maximum absolute atomic E-state index is 5.69. The van der Waals surface area contributed by atoms with Crippen molar-refractivity contribution in [2.45, 2.75) is 32.9 Å². The number of ether oxygens (including phenoxy) is 3. The molecule has 4 nitrogen and oxygen atoms in total. The predicted octanol–water partition coefficient (Wildman–Crippen LogP) is 3.03. The quantitative estimate of drug-likeness (QED) is 0.795. The normalized spacial score (nSPS) is 14.2. The van der Waals surface area contributed by atoms with E-state index in [9.17, 15) is 0 Å². The van der Waals surface area contributed by atoms with Crippen LogP contribution in [0.15, 0.2) is 18.2 Å². The molecule has 0 aromatic heterocycles. The average Bonchev–Trinajstić information content (AvgIpc) is 2.46. The molecule has 0 saturated heterocycles. The second-order valence-electron chi connectivity index (χ2n) is 5.09. The number of likely N-dealkylation sites (N-methyl/N-ethyl adjacent to an activating group) is 1. The summed E-state index contributed by atoms with van der Waals surface area (Å²) in [5.74, 6) is 2.06. The summed E-state index contributed by atoms with van der Waals surface area (Å²) < 4.78 is 16.5. The van der Waals surface area contributed by atoms with Gasteiger partial charge in [-0.25, -0.2) is 0 Å². The molecule has 0 saturated carbocycles. The summed E-state index contributed by atoms with van der Waals surface area (Å²) in [6.45, 7) is 7.26. The number of rotatable bonds is 8. The van der Waals surface area contributed by atoms with Crippen molar-refractivity contribution in [3.8, 4) is 11.5 Å². The molecule has 0 heterocycles. The van der Waals surface area contributed by atoms with Crippen LogP contribution in [-0.4, -0.2) is 34.0 Å².